The lowest BCUT2D eigenvalue weighted by Gasteiger charge is -2.20. The van der Waals surface area contributed by atoms with Crippen LogP contribution in [0.15, 0.2) is 35.4 Å². The van der Waals surface area contributed by atoms with E-state index in [4.69, 9.17) is 0 Å². The van der Waals surface area contributed by atoms with Gasteiger partial charge in [-0.3, -0.25) is 0 Å². The van der Waals surface area contributed by atoms with E-state index in [1.165, 1.54) is 160 Å². The minimum absolute atomic E-state index is 1.03. The number of benzene rings is 2. The molecule has 0 saturated carbocycles. The molecule has 0 aromatic heterocycles. The fraction of sp³-hybridized carbons (Fsp3) is 0.680. The largest absolute Gasteiger partial charge is 0.493 e. The van der Waals surface area contributed by atoms with E-state index >= 15 is 0 Å². The van der Waals surface area contributed by atoms with E-state index in [2.05, 4.69) is 79.7 Å². The third-order valence-electron chi connectivity index (χ3n) is 11.6. The average molecular weight is 709 g/mol. The standard InChI is InChI=1S/C50H80N2/c1-9-17-25-26-34-48-47(33-24-16-8)49(43-35-39(27-18-10-2)45(31-22-14-6)40(36-43)28-19-11-3)52(51)50(48)44-37-41(29-20-12-4)46(32-23-15-7)42(38-44)30-21-13-5/h35-38H,9-34H2,1-8H3. The molecule has 0 fully saturated rings. The van der Waals surface area contributed by atoms with E-state index in [1.807, 2.05) is 0 Å². The van der Waals surface area contributed by atoms with E-state index in [1.54, 1.807) is 15.8 Å². The number of unbranched alkanes of at least 4 members (excludes halogenated alkanes) is 10. The van der Waals surface area contributed by atoms with Crippen molar-refractivity contribution in [2.24, 2.45) is 0 Å². The van der Waals surface area contributed by atoms with Crippen molar-refractivity contribution < 1.29 is 4.70 Å². The third-order valence-corrected chi connectivity index (χ3v) is 11.6. The summed E-state index contributed by atoms with van der Waals surface area (Å²) in [5.74, 6) is 0. The van der Waals surface area contributed by atoms with Crippen molar-refractivity contribution in [2.75, 3.05) is 0 Å². The van der Waals surface area contributed by atoms with Crippen LogP contribution in [-0.2, 0) is 38.5 Å². The van der Waals surface area contributed by atoms with Crippen LogP contribution in [0.4, 0.5) is 0 Å². The maximum absolute atomic E-state index is 12.8. The Labute approximate surface area is 322 Å². The van der Waals surface area contributed by atoms with Crippen molar-refractivity contribution in [1.82, 2.24) is 0 Å². The molecule has 2 aromatic carbocycles. The van der Waals surface area contributed by atoms with Gasteiger partial charge in [-0.25, -0.2) is 4.70 Å². The minimum atomic E-state index is 1.03. The molecule has 2 nitrogen and oxygen atoms in total. The molecule has 3 rings (SSSR count). The van der Waals surface area contributed by atoms with Gasteiger partial charge in [0.2, 0.25) is 11.4 Å². The Balaban J connectivity index is 2.36. The van der Waals surface area contributed by atoms with Crippen LogP contribution in [0.3, 0.4) is 0 Å². The van der Waals surface area contributed by atoms with Crippen LogP contribution in [0, 0.1) is 0 Å². The molecule has 290 valence electrons. The number of nitrogens with zero attached hydrogens (tertiary/aromatic N) is 2. The zero-order valence-corrected chi connectivity index (χ0v) is 35.6. The van der Waals surface area contributed by atoms with E-state index in [0.717, 1.165) is 62.8 Å². The van der Waals surface area contributed by atoms with Crippen molar-refractivity contribution in [1.29, 1.82) is 0 Å². The Morgan fingerprint density at radius 3 is 0.962 bits per heavy atom. The molecule has 0 radical (unpaired) electrons. The smallest absolute Gasteiger partial charge is 0.211 e. The normalized spacial score (nSPS) is 13.3. The predicted molar refractivity (Wildman–Crippen MR) is 230 cm³/mol. The zero-order chi connectivity index (χ0) is 37.7. The van der Waals surface area contributed by atoms with Crippen molar-refractivity contribution in [2.45, 2.75) is 222 Å². The molecule has 52 heavy (non-hydrogen) atoms. The SMILES string of the molecule is CCCCCCC1=C(c2cc(CCCC)c(CCCC)c(CCCC)c2)[N+](=[N-])C(c2cc(CCCC)c(CCCC)c(CCCC)c2)=C1CCCC. The van der Waals surface area contributed by atoms with Gasteiger partial charge < -0.3 is 5.53 Å². The third kappa shape index (κ3) is 12.3. The van der Waals surface area contributed by atoms with Gasteiger partial charge in [0.25, 0.3) is 0 Å². The molecular formula is C50H80N2. The highest BCUT2D eigenvalue weighted by molar-refractivity contribution is 5.83. The molecular weight excluding hydrogens is 629 g/mol. The van der Waals surface area contributed by atoms with E-state index in [9.17, 15) is 5.53 Å². The Kier molecular flexibility index (Phi) is 20.9. The van der Waals surface area contributed by atoms with Crippen molar-refractivity contribution in [3.63, 3.8) is 0 Å². The van der Waals surface area contributed by atoms with E-state index in [-0.39, 0.29) is 0 Å². The Morgan fingerprint density at radius 1 is 0.346 bits per heavy atom. The molecule has 2 heteroatoms. The molecule has 0 bridgehead atoms. The van der Waals surface area contributed by atoms with Gasteiger partial charge >= 0.3 is 0 Å². The molecule has 0 saturated heterocycles. The highest BCUT2D eigenvalue weighted by Gasteiger charge is 2.36. The molecule has 0 N–H and O–H groups in total. The van der Waals surface area contributed by atoms with Crippen molar-refractivity contribution >= 4 is 11.4 Å². The van der Waals surface area contributed by atoms with Gasteiger partial charge in [0.1, 0.15) is 0 Å². The van der Waals surface area contributed by atoms with Crippen molar-refractivity contribution in [3.05, 3.63) is 85.5 Å². The highest BCUT2D eigenvalue weighted by atomic mass is 15.2. The molecule has 0 atom stereocenters. The molecule has 0 spiro atoms. The summed E-state index contributed by atoms with van der Waals surface area (Å²) in [5.41, 5.74) is 29.7. The Morgan fingerprint density at radius 2 is 0.635 bits per heavy atom. The zero-order valence-electron chi connectivity index (χ0n) is 35.6. The molecule has 0 unspecified atom stereocenters. The Hall–Kier alpha value is -2.48. The summed E-state index contributed by atoms with van der Waals surface area (Å²) in [4.78, 5) is 0. The van der Waals surface area contributed by atoms with Crippen LogP contribution in [0.1, 0.15) is 228 Å². The topological polar surface area (TPSA) is 25.3 Å². The first-order valence-electron chi connectivity index (χ1n) is 22.7. The fourth-order valence-electron chi connectivity index (χ4n) is 8.45. The second kappa shape index (κ2) is 24.8. The van der Waals surface area contributed by atoms with Crippen LogP contribution in [-0.4, -0.2) is 4.70 Å². The number of aryl methyl sites for hydroxylation is 4. The summed E-state index contributed by atoms with van der Waals surface area (Å²) < 4.78 is 1.71. The van der Waals surface area contributed by atoms with Gasteiger partial charge in [-0.1, -0.05) is 120 Å². The first kappa shape index (κ1) is 43.9. The number of hydrogen-bond donors (Lipinski definition) is 0. The fourth-order valence-corrected chi connectivity index (χ4v) is 8.45. The van der Waals surface area contributed by atoms with Crippen LogP contribution >= 0.6 is 0 Å². The van der Waals surface area contributed by atoms with Crippen LogP contribution < -0.4 is 0 Å². The Bertz CT molecular complexity index is 1380. The number of allylic oxidation sites excluding steroid dienone is 2. The van der Waals surface area contributed by atoms with Gasteiger partial charge in [0.05, 0.1) is 0 Å². The summed E-state index contributed by atoms with van der Waals surface area (Å²) in [6, 6.07) is 10.1. The quantitative estimate of drug-likeness (QED) is 0.0621. The van der Waals surface area contributed by atoms with Crippen LogP contribution in [0.2, 0.25) is 0 Å². The lowest BCUT2D eigenvalue weighted by molar-refractivity contribution is -0.345. The summed E-state index contributed by atoms with van der Waals surface area (Å²) in [6.45, 7) is 18.6. The minimum Gasteiger partial charge on any atom is -0.493 e. The second-order valence-electron chi connectivity index (χ2n) is 16.0. The van der Waals surface area contributed by atoms with Gasteiger partial charge in [-0.05, 0) is 160 Å². The first-order chi connectivity index (χ1) is 25.4. The van der Waals surface area contributed by atoms with Gasteiger partial charge in [-0.15, -0.1) is 0 Å². The van der Waals surface area contributed by atoms with Gasteiger partial charge in [0.15, 0.2) is 0 Å². The van der Waals surface area contributed by atoms with Gasteiger partial charge in [-0.2, -0.15) is 0 Å². The van der Waals surface area contributed by atoms with E-state index < -0.39 is 0 Å². The van der Waals surface area contributed by atoms with Gasteiger partial charge in [0, 0.05) is 22.3 Å². The molecule has 1 heterocycles. The maximum Gasteiger partial charge on any atom is 0.211 e. The molecule has 0 aliphatic carbocycles. The van der Waals surface area contributed by atoms with Crippen LogP contribution in [0.5, 0.6) is 0 Å². The summed E-state index contributed by atoms with van der Waals surface area (Å²) in [6.07, 6.45) is 30.9. The first-order valence-corrected chi connectivity index (χ1v) is 22.7. The van der Waals surface area contributed by atoms with E-state index in [0.29, 0.717) is 0 Å². The molecule has 2 aromatic rings. The summed E-state index contributed by atoms with van der Waals surface area (Å²) in [7, 11) is 0. The van der Waals surface area contributed by atoms with Crippen molar-refractivity contribution in [3.8, 4) is 0 Å². The molecule has 1 aliphatic heterocycles. The monoisotopic (exact) mass is 709 g/mol. The maximum atomic E-state index is 12.8. The lowest BCUT2D eigenvalue weighted by Crippen LogP contribution is -2.09. The number of hydrogen-bond acceptors (Lipinski definition) is 0. The summed E-state index contributed by atoms with van der Waals surface area (Å²) >= 11 is 0. The number of rotatable bonds is 28. The average Bonchev–Trinajstić information content (AvgIpc) is 3.43. The lowest BCUT2D eigenvalue weighted by atomic mass is 9.86. The second-order valence-corrected chi connectivity index (χ2v) is 16.0. The highest BCUT2D eigenvalue weighted by Crippen LogP contribution is 2.46. The van der Waals surface area contributed by atoms with Crippen LogP contribution in [0.25, 0.3) is 16.9 Å². The summed E-state index contributed by atoms with van der Waals surface area (Å²) in [5, 5.41) is 0. The molecule has 1 aliphatic rings. The molecule has 0 amide bonds. The predicted octanol–water partition coefficient (Wildman–Crippen LogP) is 16.1.